The minimum atomic E-state index is -0.615. The zero-order chi connectivity index (χ0) is 18.9. The van der Waals surface area contributed by atoms with E-state index >= 15 is 0 Å². The maximum atomic E-state index is 14.2. The Hall–Kier alpha value is -2.80. The highest BCUT2D eigenvalue weighted by Gasteiger charge is 2.49. The second kappa shape index (κ2) is 5.60. The predicted octanol–water partition coefficient (Wildman–Crippen LogP) is 2.38. The fourth-order valence-corrected chi connectivity index (χ4v) is 4.12. The average molecular weight is 368 g/mol. The zero-order valence-electron chi connectivity index (χ0n) is 15.0. The van der Waals surface area contributed by atoms with Crippen molar-refractivity contribution >= 4 is 16.6 Å². The van der Waals surface area contributed by atoms with Gasteiger partial charge < -0.3 is 4.90 Å². The normalized spacial score (nSPS) is 21.7. The van der Waals surface area contributed by atoms with Gasteiger partial charge in [0.15, 0.2) is 0 Å². The molecule has 5 nitrogen and oxygen atoms in total. The molecule has 0 spiro atoms. The van der Waals surface area contributed by atoms with Crippen molar-refractivity contribution in [2.24, 2.45) is 7.05 Å². The lowest BCUT2D eigenvalue weighted by Crippen LogP contribution is -2.78. The molecule has 0 amide bonds. The molecule has 0 aliphatic carbocycles. The van der Waals surface area contributed by atoms with Gasteiger partial charge in [0.2, 0.25) is 0 Å². The van der Waals surface area contributed by atoms with Crippen LogP contribution in [0.3, 0.4) is 0 Å². The highest BCUT2D eigenvalue weighted by molar-refractivity contribution is 5.84. The third-order valence-electron chi connectivity index (χ3n) is 5.83. The van der Waals surface area contributed by atoms with E-state index in [1.807, 2.05) is 12.1 Å². The Morgan fingerprint density at radius 3 is 2.56 bits per heavy atom. The van der Waals surface area contributed by atoms with Crippen molar-refractivity contribution in [3.05, 3.63) is 58.4 Å². The van der Waals surface area contributed by atoms with E-state index in [1.165, 1.54) is 11.6 Å². The number of likely N-dealkylation sites (tertiary alicyclic amines) is 1. The second-order valence-corrected chi connectivity index (χ2v) is 7.35. The molecule has 2 atom stereocenters. The molecule has 0 radical (unpaired) electrons. The quantitative estimate of drug-likeness (QED) is 0.697. The lowest BCUT2D eigenvalue weighted by molar-refractivity contribution is 0.0369. The summed E-state index contributed by atoms with van der Waals surface area (Å²) in [4.78, 5) is 22.0. The fraction of sp³-hybridized carbons (Fsp3) is 0.300. The molecule has 1 aromatic heterocycles. The summed E-state index contributed by atoms with van der Waals surface area (Å²) >= 11 is 0. The summed E-state index contributed by atoms with van der Waals surface area (Å²) in [6.07, 6.45) is 0. The molecule has 2 aliphatic heterocycles. The van der Waals surface area contributed by atoms with E-state index in [-0.39, 0.29) is 16.9 Å². The number of fused-ring (bicyclic) bond motifs is 2. The van der Waals surface area contributed by atoms with Crippen molar-refractivity contribution in [1.82, 2.24) is 14.5 Å². The van der Waals surface area contributed by atoms with E-state index < -0.39 is 11.6 Å². The number of nitrogens with zero attached hydrogens (tertiary/aromatic N) is 4. The SMILES string of the molecule is CN1CC2C1CN2c1ccc2nc(-c3cc(F)ccc3F)n(C)c(=O)c2c1. The van der Waals surface area contributed by atoms with Crippen LogP contribution < -0.4 is 10.5 Å². The molecule has 3 aromatic rings. The molecule has 0 bridgehead atoms. The summed E-state index contributed by atoms with van der Waals surface area (Å²) in [6, 6.07) is 9.82. The number of halogens is 2. The smallest absolute Gasteiger partial charge is 0.261 e. The van der Waals surface area contributed by atoms with Crippen LogP contribution in [-0.4, -0.2) is 46.7 Å². The number of hydrogen-bond donors (Lipinski definition) is 0. The first kappa shape index (κ1) is 16.4. The maximum absolute atomic E-state index is 14.2. The van der Waals surface area contributed by atoms with Gasteiger partial charge in [-0.3, -0.25) is 14.3 Å². The highest BCUT2D eigenvalue weighted by atomic mass is 19.1. The first-order chi connectivity index (χ1) is 12.9. The van der Waals surface area contributed by atoms with Gasteiger partial charge in [0.1, 0.15) is 17.5 Å². The van der Waals surface area contributed by atoms with Gasteiger partial charge in [-0.15, -0.1) is 0 Å². The lowest BCUT2D eigenvalue weighted by Gasteiger charge is -2.62. The van der Waals surface area contributed by atoms with Gasteiger partial charge in [0.05, 0.1) is 22.5 Å². The van der Waals surface area contributed by atoms with E-state index in [0.29, 0.717) is 23.0 Å². The van der Waals surface area contributed by atoms with Crippen molar-refractivity contribution < 1.29 is 8.78 Å². The fourth-order valence-electron chi connectivity index (χ4n) is 4.12. The molecule has 2 aromatic carbocycles. The number of anilines is 1. The monoisotopic (exact) mass is 368 g/mol. The van der Waals surface area contributed by atoms with Crippen LogP contribution in [-0.2, 0) is 7.05 Å². The number of aromatic nitrogens is 2. The highest BCUT2D eigenvalue weighted by Crippen LogP contribution is 2.37. The van der Waals surface area contributed by atoms with Crippen molar-refractivity contribution in [2.75, 3.05) is 25.0 Å². The van der Waals surface area contributed by atoms with Crippen LogP contribution in [0.4, 0.5) is 14.5 Å². The van der Waals surface area contributed by atoms with Crippen LogP contribution >= 0.6 is 0 Å². The van der Waals surface area contributed by atoms with Crippen LogP contribution in [0.15, 0.2) is 41.2 Å². The van der Waals surface area contributed by atoms with Crippen molar-refractivity contribution in [3.63, 3.8) is 0 Å². The molecule has 0 N–H and O–H groups in total. The Morgan fingerprint density at radius 1 is 1.04 bits per heavy atom. The van der Waals surface area contributed by atoms with Crippen molar-refractivity contribution in [3.8, 4) is 11.4 Å². The first-order valence-electron chi connectivity index (χ1n) is 8.87. The molecular weight excluding hydrogens is 350 g/mol. The number of piperazine rings is 1. The maximum Gasteiger partial charge on any atom is 0.261 e. The summed E-state index contributed by atoms with van der Waals surface area (Å²) in [5.74, 6) is -1.08. The van der Waals surface area contributed by atoms with Gasteiger partial charge >= 0.3 is 0 Å². The molecule has 7 heteroatoms. The van der Waals surface area contributed by atoms with Crippen LogP contribution in [0.2, 0.25) is 0 Å². The Kier molecular flexibility index (Phi) is 3.40. The minimum absolute atomic E-state index is 0.0244. The standard InChI is InChI=1S/C20H18F2N4O/c1-24-9-18-17(24)10-26(18)12-4-6-16-14(8-12)20(27)25(2)19(23-16)13-7-11(21)3-5-15(13)22/h3-8,17-18H,9-10H2,1-2H3. The van der Waals surface area contributed by atoms with Crippen LogP contribution in [0.25, 0.3) is 22.3 Å². The van der Waals surface area contributed by atoms with E-state index in [9.17, 15) is 13.6 Å². The number of rotatable bonds is 2. The molecule has 27 heavy (non-hydrogen) atoms. The lowest BCUT2D eigenvalue weighted by atomic mass is 9.85. The van der Waals surface area contributed by atoms with E-state index in [0.717, 1.165) is 37.0 Å². The summed E-state index contributed by atoms with van der Waals surface area (Å²) < 4.78 is 29.0. The Bertz CT molecular complexity index is 1140. The van der Waals surface area contributed by atoms with Gasteiger partial charge in [-0.1, -0.05) is 0 Å². The predicted molar refractivity (Wildman–Crippen MR) is 99.9 cm³/mol. The molecule has 2 saturated heterocycles. The summed E-state index contributed by atoms with van der Waals surface area (Å²) in [5.41, 5.74) is 1.18. The zero-order valence-corrected chi connectivity index (χ0v) is 15.0. The molecule has 0 saturated carbocycles. The largest absolute Gasteiger partial charge is 0.364 e. The topological polar surface area (TPSA) is 41.4 Å². The Balaban J connectivity index is 1.61. The van der Waals surface area contributed by atoms with Crippen LogP contribution in [0.5, 0.6) is 0 Å². The summed E-state index contributed by atoms with van der Waals surface area (Å²) in [6.45, 7) is 1.98. The van der Waals surface area contributed by atoms with Gasteiger partial charge in [-0.05, 0) is 43.4 Å². The van der Waals surface area contributed by atoms with Gasteiger partial charge in [-0.2, -0.15) is 0 Å². The van der Waals surface area contributed by atoms with Gasteiger partial charge in [-0.25, -0.2) is 13.8 Å². The third-order valence-corrected chi connectivity index (χ3v) is 5.83. The second-order valence-electron chi connectivity index (χ2n) is 7.35. The molecular formula is C20H18F2N4O. The van der Waals surface area contributed by atoms with E-state index in [1.54, 1.807) is 6.07 Å². The Labute approximate surface area is 154 Å². The van der Waals surface area contributed by atoms with Crippen LogP contribution in [0.1, 0.15) is 0 Å². The molecule has 138 valence electrons. The first-order valence-corrected chi connectivity index (χ1v) is 8.87. The third kappa shape index (κ3) is 2.31. The number of hydrogen-bond acceptors (Lipinski definition) is 4. The molecule has 5 rings (SSSR count). The van der Waals surface area contributed by atoms with E-state index in [2.05, 4.69) is 21.8 Å². The van der Waals surface area contributed by atoms with Gasteiger partial charge in [0.25, 0.3) is 5.56 Å². The van der Waals surface area contributed by atoms with Crippen molar-refractivity contribution in [2.45, 2.75) is 12.1 Å². The molecule has 2 aliphatic rings. The summed E-state index contributed by atoms with van der Waals surface area (Å²) in [7, 11) is 3.65. The molecule has 2 fully saturated rings. The average Bonchev–Trinajstić information content (AvgIpc) is 2.65. The van der Waals surface area contributed by atoms with Crippen LogP contribution in [0, 0.1) is 11.6 Å². The minimum Gasteiger partial charge on any atom is -0.364 e. The molecule has 3 heterocycles. The number of likely N-dealkylation sites (N-methyl/N-ethyl adjacent to an activating group) is 1. The summed E-state index contributed by atoms with van der Waals surface area (Å²) in [5, 5.41) is 0.478. The Morgan fingerprint density at radius 2 is 1.85 bits per heavy atom. The van der Waals surface area contributed by atoms with Crippen molar-refractivity contribution in [1.29, 1.82) is 0 Å². The number of benzene rings is 2. The van der Waals surface area contributed by atoms with E-state index in [4.69, 9.17) is 0 Å². The molecule has 2 unspecified atom stereocenters. The van der Waals surface area contributed by atoms with Gasteiger partial charge in [0, 0.05) is 31.9 Å².